The highest BCUT2D eigenvalue weighted by molar-refractivity contribution is 7.80. The van der Waals surface area contributed by atoms with Crippen molar-refractivity contribution in [3.8, 4) is 0 Å². The van der Waals surface area contributed by atoms with E-state index in [1.54, 1.807) is 13.1 Å². The molecule has 304 valence electrons. The number of benzene rings is 4. The van der Waals surface area contributed by atoms with E-state index in [9.17, 15) is 9.13 Å². The van der Waals surface area contributed by atoms with Crippen molar-refractivity contribution in [2.75, 3.05) is 24.1 Å². The van der Waals surface area contributed by atoms with Gasteiger partial charge in [-0.15, -0.1) is 0 Å². The number of aromatic nitrogens is 3. The first-order valence-corrected chi connectivity index (χ1v) is 25.0. The molecule has 6 aromatic rings. The first-order chi connectivity index (χ1) is 28.0. The Morgan fingerprint density at radius 3 is 1.43 bits per heavy atom. The van der Waals surface area contributed by atoms with Gasteiger partial charge >= 0.3 is 15.2 Å². The van der Waals surface area contributed by atoms with E-state index in [0.717, 1.165) is 38.4 Å². The fourth-order valence-electron chi connectivity index (χ4n) is 5.85. The molecule has 16 heteroatoms. The van der Waals surface area contributed by atoms with Crippen LogP contribution >= 0.6 is 33.9 Å². The van der Waals surface area contributed by atoms with Crippen molar-refractivity contribution in [3.63, 3.8) is 0 Å². The molecule has 0 bridgehead atoms. The van der Waals surface area contributed by atoms with E-state index >= 15 is 4.57 Å². The summed E-state index contributed by atoms with van der Waals surface area (Å²) < 4.78 is 77.6. The van der Waals surface area contributed by atoms with E-state index < -0.39 is 34.4 Å². The average Bonchev–Trinajstić information content (AvgIpc) is 3.58. The molecule has 0 radical (unpaired) electrons. The molecule has 4 aromatic carbocycles. The SMILES string of the molecule is Cc1ncc(C[n+]2csc(CCOP(=O)(CP(=O)(OCc3ccccc3)OCc3ccccc3)CP(=O)(OCc3ccccc3)OCc3ccccc3)c2C)c(N)n1. The largest absolute Gasteiger partial charge is 0.383 e. The maximum absolute atomic E-state index is 15.4. The van der Waals surface area contributed by atoms with Crippen molar-refractivity contribution < 1.29 is 40.9 Å². The molecule has 2 aromatic heterocycles. The number of nitrogen functional groups attached to an aromatic ring is 1. The lowest BCUT2D eigenvalue weighted by Gasteiger charge is -2.27. The summed E-state index contributed by atoms with van der Waals surface area (Å²) in [7, 11) is -12.7. The zero-order valence-corrected chi connectivity index (χ0v) is 36.0. The van der Waals surface area contributed by atoms with E-state index in [0.29, 0.717) is 24.6 Å². The summed E-state index contributed by atoms with van der Waals surface area (Å²) in [5, 5.41) is 0. The van der Waals surface area contributed by atoms with E-state index in [2.05, 4.69) is 9.97 Å². The normalized spacial score (nSPS) is 12.2. The number of rotatable bonds is 22. The van der Waals surface area contributed by atoms with Crippen LogP contribution in [0.4, 0.5) is 5.82 Å². The van der Waals surface area contributed by atoms with Gasteiger partial charge in [0.2, 0.25) is 12.9 Å². The van der Waals surface area contributed by atoms with Gasteiger partial charge < -0.3 is 28.4 Å². The predicted octanol–water partition coefficient (Wildman–Crippen LogP) is 10.1. The average molecular weight is 862 g/mol. The second kappa shape index (κ2) is 20.7. The Kier molecular flexibility index (Phi) is 15.5. The standard InChI is InChI=1S/C42H48N4O8P3S/c1-34-41(58-31-46(34)26-40-25-44-35(2)45-42(40)43)23-24-50-55(47,32-56(48,51-27-36-15-7-3-8-16-36)52-28-37-17-9-4-10-18-37)33-57(49,53-29-38-19-11-5-12-20-38)54-30-39-21-13-6-14-22-39/h3-22,25,31H,23-24,26-30,32-33H2,1-2H3,(H2,43,44,45)/q+1. The quantitative estimate of drug-likeness (QED) is 0.0513. The van der Waals surface area contributed by atoms with Gasteiger partial charge in [0.25, 0.3) is 0 Å². The van der Waals surface area contributed by atoms with Crippen LogP contribution in [0.25, 0.3) is 0 Å². The number of hydrogen-bond acceptors (Lipinski definition) is 12. The van der Waals surface area contributed by atoms with Gasteiger partial charge in [0, 0.05) is 19.5 Å². The number of nitrogens with zero attached hydrogens (tertiary/aromatic N) is 3. The molecule has 6 rings (SSSR count). The smallest absolute Gasteiger partial charge is 0.340 e. The molecule has 0 unspecified atom stereocenters. The second-order valence-corrected chi connectivity index (χ2v) is 22.2. The topological polar surface area (TPSA) is 153 Å². The van der Waals surface area contributed by atoms with E-state index in [-0.39, 0.29) is 33.0 Å². The molecule has 0 spiro atoms. The Bertz CT molecular complexity index is 2150. The van der Waals surface area contributed by atoms with Gasteiger partial charge in [-0.3, -0.25) is 13.7 Å². The highest BCUT2D eigenvalue weighted by Gasteiger charge is 2.44. The van der Waals surface area contributed by atoms with Gasteiger partial charge in [-0.05, 0) is 29.2 Å². The van der Waals surface area contributed by atoms with Crippen LogP contribution in [0, 0.1) is 13.8 Å². The maximum atomic E-state index is 15.4. The fourth-order valence-corrected chi connectivity index (χ4v) is 16.1. The van der Waals surface area contributed by atoms with E-state index in [1.807, 2.05) is 138 Å². The van der Waals surface area contributed by atoms with Crippen molar-refractivity contribution >= 4 is 39.7 Å². The summed E-state index contributed by atoms with van der Waals surface area (Å²) in [6.45, 7) is 3.86. The number of hydrogen-bond donors (Lipinski definition) is 1. The number of nitrogens with two attached hydrogens (primary N) is 1. The van der Waals surface area contributed by atoms with Crippen LogP contribution in [0.2, 0.25) is 0 Å². The highest BCUT2D eigenvalue weighted by Crippen LogP contribution is 2.71. The number of anilines is 1. The van der Waals surface area contributed by atoms with Crippen LogP contribution in [-0.2, 0) is 75.7 Å². The van der Waals surface area contributed by atoms with Crippen LogP contribution in [0.15, 0.2) is 133 Å². The molecule has 0 aliphatic rings. The first-order valence-electron chi connectivity index (χ1n) is 18.7. The molecule has 0 amide bonds. The molecular weight excluding hydrogens is 813 g/mol. The van der Waals surface area contributed by atoms with Crippen LogP contribution in [-0.4, -0.2) is 28.4 Å². The highest BCUT2D eigenvalue weighted by atomic mass is 32.1. The first kappa shape index (κ1) is 43.5. The van der Waals surface area contributed by atoms with Crippen molar-refractivity contribution in [1.82, 2.24) is 9.97 Å². The lowest BCUT2D eigenvalue weighted by molar-refractivity contribution is -0.689. The Hall–Kier alpha value is -4.12. The fraction of sp³-hybridized carbons (Fsp3) is 0.262. The lowest BCUT2D eigenvalue weighted by atomic mass is 10.2. The molecule has 58 heavy (non-hydrogen) atoms. The summed E-state index contributed by atoms with van der Waals surface area (Å²) in [6, 6.07) is 36.8. The maximum Gasteiger partial charge on any atom is 0.340 e. The van der Waals surface area contributed by atoms with Crippen molar-refractivity contribution in [3.05, 3.63) is 177 Å². The zero-order chi connectivity index (χ0) is 40.9. The van der Waals surface area contributed by atoms with Crippen LogP contribution in [0.5, 0.6) is 0 Å². The van der Waals surface area contributed by atoms with E-state index in [4.69, 9.17) is 28.4 Å². The molecule has 0 saturated carbocycles. The molecule has 2 heterocycles. The van der Waals surface area contributed by atoms with Crippen molar-refractivity contribution in [1.29, 1.82) is 0 Å². The third-order valence-corrected chi connectivity index (χ3v) is 19.1. The molecule has 0 aliphatic heterocycles. The van der Waals surface area contributed by atoms with Crippen molar-refractivity contribution in [2.24, 2.45) is 0 Å². The van der Waals surface area contributed by atoms with E-state index in [1.165, 1.54) is 11.3 Å². The van der Waals surface area contributed by atoms with Gasteiger partial charge in [-0.2, -0.15) is 4.57 Å². The molecule has 12 nitrogen and oxygen atoms in total. The van der Waals surface area contributed by atoms with Gasteiger partial charge in [-0.1, -0.05) is 133 Å². The monoisotopic (exact) mass is 861 g/mol. The molecule has 2 N–H and O–H groups in total. The van der Waals surface area contributed by atoms with Crippen LogP contribution in [0.3, 0.4) is 0 Å². The summed E-state index contributed by atoms with van der Waals surface area (Å²) in [6.07, 6.45) is 2.07. The third kappa shape index (κ3) is 13.2. The summed E-state index contributed by atoms with van der Waals surface area (Å²) in [5.74, 6) is -0.318. The Labute approximate surface area is 343 Å². The Balaban J connectivity index is 1.28. The van der Waals surface area contributed by atoms with Gasteiger partial charge in [0.1, 0.15) is 23.4 Å². The van der Waals surface area contributed by atoms with Gasteiger partial charge in [0.15, 0.2) is 12.2 Å². The predicted molar refractivity (Wildman–Crippen MR) is 227 cm³/mol. The number of thiazole rings is 1. The molecule has 0 fully saturated rings. The second-order valence-electron chi connectivity index (χ2n) is 13.6. The molecule has 0 saturated heterocycles. The minimum absolute atomic E-state index is 0.0524. The van der Waals surface area contributed by atoms with Gasteiger partial charge in [-0.25, -0.2) is 9.97 Å². The zero-order valence-electron chi connectivity index (χ0n) is 32.5. The molecule has 0 aliphatic carbocycles. The molecule has 0 atom stereocenters. The minimum atomic E-state index is -4.22. The summed E-state index contributed by atoms with van der Waals surface area (Å²) in [4.78, 5) is 9.54. The number of aryl methyl sites for hydroxylation is 1. The van der Waals surface area contributed by atoms with Crippen molar-refractivity contribution in [2.45, 2.75) is 53.2 Å². The molecular formula is C42H48N4O8P3S+. The third-order valence-electron chi connectivity index (χ3n) is 9.03. The Morgan fingerprint density at radius 1 is 0.621 bits per heavy atom. The van der Waals surface area contributed by atoms with Gasteiger partial charge in [0.05, 0.1) is 43.5 Å². The van der Waals surface area contributed by atoms with Crippen LogP contribution < -0.4 is 10.3 Å². The summed E-state index contributed by atoms with van der Waals surface area (Å²) >= 11 is 1.51. The lowest BCUT2D eigenvalue weighted by Crippen LogP contribution is -2.35. The Morgan fingerprint density at radius 2 is 1.03 bits per heavy atom. The summed E-state index contributed by atoms with van der Waals surface area (Å²) in [5.41, 5.74) is 12.8. The minimum Gasteiger partial charge on any atom is -0.383 e. The van der Waals surface area contributed by atoms with Crippen LogP contribution in [0.1, 0.15) is 44.2 Å².